The number of nitrogens with one attached hydrogen (secondary N) is 1. The Morgan fingerprint density at radius 2 is 0.700 bits per heavy atom. The number of ether oxygens (including phenoxy) is 13. The predicted octanol–water partition coefficient (Wildman–Crippen LogP) is 0.856. The van der Waals surface area contributed by atoms with E-state index in [1.165, 1.54) is 0 Å². The van der Waals surface area contributed by atoms with Crippen LogP contribution in [0.3, 0.4) is 0 Å². The van der Waals surface area contributed by atoms with Crippen molar-refractivity contribution in [2.45, 2.75) is 38.6 Å². The molecule has 1 atom stereocenters. The number of nitrogens with two attached hydrogens (primary N) is 1. The molecule has 1 amide bonds. The molecule has 16 nitrogen and oxygen atoms in total. The maximum atomic E-state index is 11.7. The molecule has 0 aliphatic heterocycles. The van der Waals surface area contributed by atoms with Gasteiger partial charge < -0.3 is 72.6 Å². The van der Waals surface area contributed by atoms with Crippen LogP contribution in [-0.2, 0) is 66.4 Å². The molecule has 0 rings (SSSR count). The number of carbonyl (C=O) groups is 1. The van der Waals surface area contributed by atoms with E-state index < -0.39 is 0 Å². The third-order valence-electron chi connectivity index (χ3n) is 6.41. The molecule has 0 heterocycles. The summed E-state index contributed by atoms with van der Waals surface area (Å²) in [4.78, 5) is 11.7. The molecule has 0 spiro atoms. The zero-order valence-corrected chi connectivity index (χ0v) is 31.1. The van der Waals surface area contributed by atoms with E-state index in [1.54, 1.807) is 7.11 Å². The van der Waals surface area contributed by atoms with Crippen molar-refractivity contribution >= 4 is 5.91 Å². The van der Waals surface area contributed by atoms with Crippen molar-refractivity contribution in [1.29, 1.82) is 0 Å². The second-order valence-electron chi connectivity index (χ2n) is 10.9. The van der Waals surface area contributed by atoms with Gasteiger partial charge in [0.05, 0.1) is 165 Å². The lowest BCUT2D eigenvalue weighted by Gasteiger charge is -2.09. The summed E-state index contributed by atoms with van der Waals surface area (Å²) in [5, 5.41) is 2.89. The second-order valence-corrected chi connectivity index (χ2v) is 10.9. The van der Waals surface area contributed by atoms with Crippen LogP contribution in [0, 0.1) is 0 Å². The minimum Gasteiger partial charge on any atom is -0.382 e. The van der Waals surface area contributed by atoms with Gasteiger partial charge in [-0.25, -0.2) is 0 Å². The predicted molar refractivity (Wildman–Crippen MR) is 187 cm³/mol. The molecule has 3 N–H and O–H groups in total. The molecule has 0 bridgehead atoms. The fourth-order valence-electron chi connectivity index (χ4n) is 3.74. The zero-order valence-electron chi connectivity index (χ0n) is 31.1. The minimum absolute atomic E-state index is 0.00613. The molecule has 0 aliphatic carbocycles. The first-order valence-corrected chi connectivity index (χ1v) is 18.1. The van der Waals surface area contributed by atoms with Crippen LogP contribution in [0.15, 0.2) is 0 Å². The first-order chi connectivity index (χ1) is 24.7. The van der Waals surface area contributed by atoms with Crippen molar-refractivity contribution in [3.8, 4) is 0 Å². The van der Waals surface area contributed by atoms with E-state index in [0.717, 1.165) is 19.3 Å². The Kier molecular flexibility index (Phi) is 43.1. The van der Waals surface area contributed by atoms with Gasteiger partial charge in [-0.05, 0) is 19.8 Å². The smallest absolute Gasteiger partial charge is 0.222 e. The van der Waals surface area contributed by atoms with Gasteiger partial charge in [0.2, 0.25) is 5.91 Å². The Hall–Kier alpha value is -1.09. The second kappa shape index (κ2) is 44.1. The van der Waals surface area contributed by atoms with E-state index in [9.17, 15) is 4.79 Å². The summed E-state index contributed by atoms with van der Waals surface area (Å²) >= 11 is 0. The topological polar surface area (TPSA) is 175 Å². The summed E-state index contributed by atoms with van der Waals surface area (Å²) in [7, 11) is 1.64. The molecule has 0 fully saturated rings. The molecule has 0 aromatic carbocycles. The summed E-state index contributed by atoms with van der Waals surface area (Å²) in [5.41, 5.74) is 5.71. The summed E-state index contributed by atoms with van der Waals surface area (Å²) in [6.45, 7) is 15.3. The standard InChI is InChI=1S/C34H70N2O14/c1-33(35)5-3-4-7-36-34(37)6-8-39-11-12-41-15-16-43-19-20-45-23-24-47-27-28-49-31-32-50-30-29-48-26-25-46-22-21-44-18-17-42-14-13-40-10-9-38-2/h33H,3-32,35H2,1-2H3,(H,36,37)/t33-/m1/s1. The average Bonchev–Trinajstić information content (AvgIpc) is 3.10. The molecule has 300 valence electrons. The van der Waals surface area contributed by atoms with Crippen LogP contribution in [0.2, 0.25) is 0 Å². The number of hydrogen-bond donors (Lipinski definition) is 2. The third-order valence-corrected chi connectivity index (χ3v) is 6.41. The number of methoxy groups -OCH3 is 1. The lowest BCUT2D eigenvalue weighted by molar-refractivity contribution is -0.122. The lowest BCUT2D eigenvalue weighted by atomic mass is 10.1. The van der Waals surface area contributed by atoms with Crippen LogP contribution in [0.5, 0.6) is 0 Å². The first-order valence-electron chi connectivity index (χ1n) is 18.1. The van der Waals surface area contributed by atoms with Crippen molar-refractivity contribution < 1.29 is 66.4 Å². The third kappa shape index (κ3) is 44.9. The molecule has 50 heavy (non-hydrogen) atoms. The summed E-state index contributed by atoms with van der Waals surface area (Å²) in [5.74, 6) is 0.00613. The fraction of sp³-hybridized carbons (Fsp3) is 0.971. The SMILES string of the molecule is COCCOCCOCCOCCOCCOCCOCCOCCOCCOCCOCCOCCOCCC(=O)NCCCC[C@@H](C)N. The van der Waals surface area contributed by atoms with E-state index >= 15 is 0 Å². The Balaban J connectivity index is 3.09. The van der Waals surface area contributed by atoms with Gasteiger partial charge in [-0.2, -0.15) is 0 Å². The zero-order chi connectivity index (χ0) is 36.3. The molecular weight excluding hydrogens is 660 g/mol. The van der Waals surface area contributed by atoms with Gasteiger partial charge in [-0.1, -0.05) is 6.42 Å². The molecule has 0 unspecified atom stereocenters. The van der Waals surface area contributed by atoms with E-state index in [4.69, 9.17) is 67.3 Å². The van der Waals surface area contributed by atoms with Crippen LogP contribution in [-0.4, -0.2) is 191 Å². The van der Waals surface area contributed by atoms with Crippen LogP contribution in [0.25, 0.3) is 0 Å². The number of hydrogen-bond acceptors (Lipinski definition) is 15. The van der Waals surface area contributed by atoms with Crippen molar-refractivity contribution in [1.82, 2.24) is 5.32 Å². The van der Waals surface area contributed by atoms with Gasteiger partial charge in [-0.3, -0.25) is 4.79 Å². The summed E-state index contributed by atoms with van der Waals surface area (Å²) in [6.07, 6.45) is 3.30. The number of carbonyl (C=O) groups excluding carboxylic acids is 1. The average molecular weight is 731 g/mol. The first kappa shape index (κ1) is 48.9. The van der Waals surface area contributed by atoms with Crippen molar-refractivity contribution in [2.75, 3.05) is 179 Å². The molecule has 0 saturated heterocycles. The van der Waals surface area contributed by atoms with Gasteiger partial charge >= 0.3 is 0 Å². The maximum Gasteiger partial charge on any atom is 0.222 e. The Labute approximate surface area is 300 Å². The summed E-state index contributed by atoms with van der Waals surface area (Å²) < 4.78 is 70.3. The molecule has 16 heteroatoms. The van der Waals surface area contributed by atoms with Crippen LogP contribution < -0.4 is 11.1 Å². The maximum absolute atomic E-state index is 11.7. The van der Waals surface area contributed by atoms with Crippen molar-refractivity contribution in [2.24, 2.45) is 5.73 Å². The highest BCUT2D eigenvalue weighted by molar-refractivity contribution is 5.75. The number of unbranched alkanes of at least 4 members (excludes halogenated alkanes) is 1. The molecule has 0 aromatic rings. The lowest BCUT2D eigenvalue weighted by Crippen LogP contribution is -2.26. The van der Waals surface area contributed by atoms with Crippen LogP contribution in [0.4, 0.5) is 0 Å². The van der Waals surface area contributed by atoms with Gasteiger partial charge in [-0.15, -0.1) is 0 Å². The highest BCUT2D eigenvalue weighted by Crippen LogP contribution is 1.97. The van der Waals surface area contributed by atoms with Gasteiger partial charge in [0.25, 0.3) is 0 Å². The number of amides is 1. The minimum atomic E-state index is 0.00613. The van der Waals surface area contributed by atoms with E-state index in [0.29, 0.717) is 178 Å². The molecule has 0 radical (unpaired) electrons. The van der Waals surface area contributed by atoms with E-state index in [1.807, 2.05) is 6.92 Å². The van der Waals surface area contributed by atoms with E-state index in [-0.39, 0.29) is 11.9 Å². The monoisotopic (exact) mass is 730 g/mol. The van der Waals surface area contributed by atoms with Crippen molar-refractivity contribution in [3.05, 3.63) is 0 Å². The normalized spacial score (nSPS) is 12.1. The molecule has 0 saturated carbocycles. The van der Waals surface area contributed by atoms with Gasteiger partial charge in [0, 0.05) is 26.1 Å². The van der Waals surface area contributed by atoms with Crippen molar-refractivity contribution in [3.63, 3.8) is 0 Å². The number of rotatable bonds is 44. The summed E-state index contributed by atoms with van der Waals surface area (Å²) in [6, 6.07) is 0.212. The molecular formula is C34H70N2O14. The van der Waals surface area contributed by atoms with Gasteiger partial charge in [0.1, 0.15) is 0 Å². The van der Waals surface area contributed by atoms with Gasteiger partial charge in [0.15, 0.2) is 0 Å². The Morgan fingerprint density at radius 3 is 0.960 bits per heavy atom. The Bertz CT molecular complexity index is 655. The Morgan fingerprint density at radius 1 is 0.440 bits per heavy atom. The largest absolute Gasteiger partial charge is 0.382 e. The van der Waals surface area contributed by atoms with E-state index in [2.05, 4.69) is 5.32 Å². The quantitative estimate of drug-likeness (QED) is 0.0844. The fourth-order valence-corrected chi connectivity index (χ4v) is 3.74. The highest BCUT2D eigenvalue weighted by atomic mass is 16.6. The van der Waals surface area contributed by atoms with Crippen LogP contribution >= 0.6 is 0 Å². The molecule has 0 aromatic heterocycles. The molecule has 0 aliphatic rings. The van der Waals surface area contributed by atoms with Crippen LogP contribution in [0.1, 0.15) is 32.6 Å². The highest BCUT2D eigenvalue weighted by Gasteiger charge is 2.02.